The van der Waals surface area contributed by atoms with Gasteiger partial charge in [-0.3, -0.25) is 0 Å². The SMILES string of the molecule is CCCNCc1ccc(N(C)CCc2cccs2)c(F)c1. The Morgan fingerprint density at radius 2 is 2.14 bits per heavy atom. The first-order valence-electron chi connectivity index (χ1n) is 7.43. The van der Waals surface area contributed by atoms with Gasteiger partial charge in [0, 0.05) is 25.0 Å². The van der Waals surface area contributed by atoms with Crippen LogP contribution in [0.1, 0.15) is 23.8 Å². The molecule has 2 nitrogen and oxygen atoms in total. The largest absolute Gasteiger partial charge is 0.372 e. The standard InChI is InChI=1S/C17H23FN2S/c1-3-9-19-13-14-6-7-17(16(18)12-14)20(2)10-8-15-5-4-11-21-15/h4-7,11-12,19H,3,8-10,13H2,1-2H3. The van der Waals surface area contributed by atoms with Crippen LogP contribution in [0.25, 0.3) is 0 Å². The Balaban J connectivity index is 1.92. The van der Waals surface area contributed by atoms with Crippen LogP contribution in [0, 0.1) is 5.82 Å². The first-order chi connectivity index (χ1) is 10.2. The predicted octanol–water partition coefficient (Wildman–Crippen LogP) is 4.07. The Bertz CT molecular complexity index is 540. The van der Waals surface area contributed by atoms with Crippen molar-refractivity contribution in [1.29, 1.82) is 0 Å². The molecule has 114 valence electrons. The molecule has 0 saturated carbocycles. The van der Waals surface area contributed by atoms with Gasteiger partial charge in [-0.1, -0.05) is 19.1 Å². The highest BCUT2D eigenvalue weighted by atomic mass is 32.1. The van der Waals surface area contributed by atoms with Gasteiger partial charge in [0.2, 0.25) is 0 Å². The molecular weight excluding hydrogens is 283 g/mol. The minimum absolute atomic E-state index is 0.139. The zero-order valence-electron chi connectivity index (χ0n) is 12.7. The van der Waals surface area contributed by atoms with E-state index in [2.05, 4.69) is 29.8 Å². The van der Waals surface area contributed by atoms with Crippen LogP contribution in [-0.4, -0.2) is 20.1 Å². The third-order valence-electron chi connectivity index (χ3n) is 3.45. The minimum atomic E-state index is -0.139. The van der Waals surface area contributed by atoms with Crippen molar-refractivity contribution in [3.05, 3.63) is 52.0 Å². The lowest BCUT2D eigenvalue weighted by Crippen LogP contribution is -2.21. The summed E-state index contributed by atoms with van der Waals surface area (Å²) >= 11 is 1.75. The van der Waals surface area contributed by atoms with Crippen molar-refractivity contribution in [2.45, 2.75) is 26.3 Å². The molecule has 1 aromatic heterocycles. The average molecular weight is 306 g/mol. The van der Waals surface area contributed by atoms with Gasteiger partial charge < -0.3 is 10.2 Å². The molecule has 0 aliphatic rings. The van der Waals surface area contributed by atoms with E-state index in [1.54, 1.807) is 17.4 Å². The van der Waals surface area contributed by atoms with Crippen LogP contribution in [0.2, 0.25) is 0 Å². The summed E-state index contributed by atoms with van der Waals surface area (Å²) in [4.78, 5) is 3.32. The van der Waals surface area contributed by atoms with E-state index >= 15 is 0 Å². The molecule has 1 N–H and O–H groups in total. The monoisotopic (exact) mass is 306 g/mol. The van der Waals surface area contributed by atoms with Crippen molar-refractivity contribution in [3.63, 3.8) is 0 Å². The van der Waals surface area contributed by atoms with Crippen molar-refractivity contribution in [2.75, 3.05) is 25.0 Å². The highest BCUT2D eigenvalue weighted by molar-refractivity contribution is 7.09. The van der Waals surface area contributed by atoms with Gasteiger partial charge in [0.25, 0.3) is 0 Å². The van der Waals surface area contributed by atoms with Crippen molar-refractivity contribution in [3.8, 4) is 0 Å². The van der Waals surface area contributed by atoms with Gasteiger partial charge in [-0.05, 0) is 48.5 Å². The summed E-state index contributed by atoms with van der Waals surface area (Å²) < 4.78 is 14.2. The number of anilines is 1. The molecule has 21 heavy (non-hydrogen) atoms. The number of nitrogens with one attached hydrogen (secondary N) is 1. The molecule has 1 aromatic carbocycles. The molecular formula is C17H23FN2S. The number of hydrogen-bond donors (Lipinski definition) is 1. The van der Waals surface area contributed by atoms with E-state index in [9.17, 15) is 4.39 Å². The number of likely N-dealkylation sites (N-methyl/N-ethyl adjacent to an activating group) is 1. The third-order valence-corrected chi connectivity index (χ3v) is 4.39. The van der Waals surface area contributed by atoms with Crippen LogP contribution in [0.15, 0.2) is 35.7 Å². The molecule has 0 atom stereocenters. The number of rotatable bonds is 8. The van der Waals surface area contributed by atoms with Gasteiger partial charge >= 0.3 is 0 Å². The second kappa shape index (κ2) is 8.15. The maximum absolute atomic E-state index is 14.2. The zero-order chi connectivity index (χ0) is 15.1. The lowest BCUT2D eigenvalue weighted by molar-refractivity contribution is 0.614. The average Bonchev–Trinajstić information content (AvgIpc) is 2.98. The van der Waals surface area contributed by atoms with E-state index in [4.69, 9.17) is 0 Å². The van der Waals surface area contributed by atoms with Gasteiger partial charge in [0.15, 0.2) is 0 Å². The van der Waals surface area contributed by atoms with Crippen LogP contribution < -0.4 is 10.2 Å². The Labute approximate surface area is 130 Å². The maximum atomic E-state index is 14.2. The van der Waals surface area contributed by atoms with E-state index in [0.717, 1.165) is 38.0 Å². The molecule has 0 aliphatic carbocycles. The molecule has 0 saturated heterocycles. The smallest absolute Gasteiger partial charge is 0.146 e. The quantitative estimate of drug-likeness (QED) is 0.740. The van der Waals surface area contributed by atoms with Crippen molar-refractivity contribution >= 4 is 17.0 Å². The van der Waals surface area contributed by atoms with Gasteiger partial charge in [-0.15, -0.1) is 11.3 Å². The normalized spacial score (nSPS) is 10.8. The molecule has 2 rings (SSSR count). The number of hydrogen-bond acceptors (Lipinski definition) is 3. The molecule has 0 spiro atoms. The van der Waals surface area contributed by atoms with Crippen LogP contribution in [0.5, 0.6) is 0 Å². The van der Waals surface area contributed by atoms with E-state index in [0.29, 0.717) is 5.69 Å². The zero-order valence-corrected chi connectivity index (χ0v) is 13.5. The highest BCUT2D eigenvalue weighted by Crippen LogP contribution is 2.20. The fourth-order valence-electron chi connectivity index (χ4n) is 2.23. The molecule has 0 fully saturated rings. The Kier molecular flexibility index (Phi) is 6.21. The summed E-state index contributed by atoms with van der Waals surface area (Å²) in [5.74, 6) is -0.139. The van der Waals surface area contributed by atoms with Crippen molar-refractivity contribution in [1.82, 2.24) is 5.32 Å². The van der Waals surface area contributed by atoms with Gasteiger partial charge in [-0.25, -0.2) is 4.39 Å². The number of nitrogens with zero attached hydrogens (tertiary/aromatic N) is 1. The van der Waals surface area contributed by atoms with Crippen LogP contribution in [0.4, 0.5) is 10.1 Å². The number of halogens is 1. The van der Waals surface area contributed by atoms with E-state index in [1.807, 2.05) is 24.1 Å². The summed E-state index contributed by atoms with van der Waals surface area (Å²) in [7, 11) is 1.95. The predicted molar refractivity (Wildman–Crippen MR) is 89.7 cm³/mol. The molecule has 2 aromatic rings. The molecule has 0 bridgehead atoms. The van der Waals surface area contributed by atoms with Crippen molar-refractivity contribution in [2.24, 2.45) is 0 Å². The summed E-state index contributed by atoms with van der Waals surface area (Å²) in [5, 5.41) is 5.37. The third kappa shape index (κ3) is 4.83. The molecule has 1 heterocycles. The van der Waals surface area contributed by atoms with Crippen LogP contribution in [-0.2, 0) is 13.0 Å². The van der Waals surface area contributed by atoms with E-state index in [1.165, 1.54) is 4.88 Å². The van der Waals surface area contributed by atoms with E-state index in [-0.39, 0.29) is 5.82 Å². The van der Waals surface area contributed by atoms with E-state index < -0.39 is 0 Å². The maximum Gasteiger partial charge on any atom is 0.146 e. The fraction of sp³-hybridized carbons (Fsp3) is 0.412. The first-order valence-corrected chi connectivity index (χ1v) is 8.31. The highest BCUT2D eigenvalue weighted by Gasteiger charge is 2.08. The Hall–Kier alpha value is -1.39. The molecule has 0 aliphatic heterocycles. The van der Waals surface area contributed by atoms with Gasteiger partial charge in [0.1, 0.15) is 5.82 Å². The van der Waals surface area contributed by atoms with Crippen LogP contribution >= 0.6 is 11.3 Å². The number of benzene rings is 1. The van der Waals surface area contributed by atoms with Gasteiger partial charge in [0.05, 0.1) is 5.69 Å². The summed E-state index contributed by atoms with van der Waals surface area (Å²) in [6.07, 6.45) is 2.04. The summed E-state index contributed by atoms with van der Waals surface area (Å²) in [5.41, 5.74) is 1.67. The van der Waals surface area contributed by atoms with Crippen molar-refractivity contribution < 1.29 is 4.39 Å². The Morgan fingerprint density at radius 1 is 1.29 bits per heavy atom. The summed E-state index contributed by atoms with van der Waals surface area (Å²) in [6, 6.07) is 9.70. The molecule has 0 radical (unpaired) electrons. The van der Waals surface area contributed by atoms with Crippen LogP contribution in [0.3, 0.4) is 0 Å². The lowest BCUT2D eigenvalue weighted by atomic mass is 10.1. The molecule has 0 unspecified atom stereocenters. The topological polar surface area (TPSA) is 15.3 Å². The Morgan fingerprint density at radius 3 is 2.81 bits per heavy atom. The number of thiophene rings is 1. The molecule has 0 amide bonds. The van der Waals surface area contributed by atoms with Gasteiger partial charge in [-0.2, -0.15) is 0 Å². The second-order valence-corrected chi connectivity index (χ2v) is 6.25. The first kappa shape index (κ1) is 16.0. The lowest BCUT2D eigenvalue weighted by Gasteiger charge is -2.20. The minimum Gasteiger partial charge on any atom is -0.372 e. The fourth-order valence-corrected chi connectivity index (χ4v) is 2.93. The second-order valence-electron chi connectivity index (χ2n) is 5.21. The summed E-state index contributed by atoms with van der Waals surface area (Å²) in [6.45, 7) is 4.64. The molecule has 4 heteroatoms.